The fraction of sp³-hybridized carbons (Fsp3) is 0.688. The van der Waals surface area contributed by atoms with Crippen LogP contribution in [0.2, 0.25) is 0 Å². The summed E-state index contributed by atoms with van der Waals surface area (Å²) in [5.74, 6) is 0.526. The van der Waals surface area contributed by atoms with Crippen molar-refractivity contribution in [3.63, 3.8) is 0 Å². The minimum absolute atomic E-state index is 0.526. The summed E-state index contributed by atoms with van der Waals surface area (Å²) in [5, 5.41) is 0. The van der Waals surface area contributed by atoms with Crippen LogP contribution in [0.25, 0.3) is 0 Å². The van der Waals surface area contributed by atoms with E-state index < -0.39 is 7.26 Å². The summed E-state index contributed by atoms with van der Waals surface area (Å²) in [6.45, 7) is 4.61. The molecule has 0 N–H and O–H groups in total. The van der Waals surface area contributed by atoms with E-state index in [-0.39, 0.29) is 0 Å². The van der Waals surface area contributed by atoms with Gasteiger partial charge in [0.15, 0.2) is 0 Å². The van der Waals surface area contributed by atoms with Crippen LogP contribution in [-0.2, 0) is 12.0 Å². The number of halogens is 1. The van der Waals surface area contributed by atoms with Crippen LogP contribution in [-0.4, -0.2) is 31.2 Å². The molecular weight excluding hydrogens is 283 g/mol. The molecule has 0 atom stereocenters. The molecule has 0 radical (unpaired) electrons. The number of hydrogen-bond donors (Lipinski definition) is 0. The molecule has 0 unspecified atom stereocenters. The zero-order valence-electron chi connectivity index (χ0n) is 13.4. The van der Waals surface area contributed by atoms with Crippen LogP contribution in [0, 0.1) is 0 Å². The number of unbranched alkanes of at least 4 members (excludes halogenated alkanes) is 2. The Morgan fingerprint density at radius 1 is 1.10 bits per heavy atom. The van der Waals surface area contributed by atoms with Gasteiger partial charge in [0.05, 0.1) is 0 Å². The van der Waals surface area contributed by atoms with Gasteiger partial charge in [-0.05, 0) is 0 Å². The van der Waals surface area contributed by atoms with E-state index in [4.69, 9.17) is 16.6 Å². The van der Waals surface area contributed by atoms with Crippen molar-refractivity contribution < 1.29 is 0 Å². The van der Waals surface area contributed by atoms with Gasteiger partial charge in [-0.1, -0.05) is 0 Å². The molecule has 0 amide bonds. The second-order valence-corrected chi connectivity index (χ2v) is 11.3. The van der Waals surface area contributed by atoms with Gasteiger partial charge >= 0.3 is 131 Å². The molecule has 1 aromatic heterocycles. The van der Waals surface area contributed by atoms with E-state index in [2.05, 4.69) is 33.8 Å². The Labute approximate surface area is 131 Å². The molecule has 0 saturated carbocycles. The van der Waals surface area contributed by atoms with Gasteiger partial charge in [0.1, 0.15) is 0 Å². The summed E-state index contributed by atoms with van der Waals surface area (Å²) in [6.07, 6.45) is 9.58. The van der Waals surface area contributed by atoms with Gasteiger partial charge in [-0.2, -0.15) is 0 Å². The molecule has 1 aromatic rings. The quantitative estimate of drug-likeness (QED) is 0.357. The molecule has 0 aliphatic rings. The third-order valence-electron chi connectivity index (χ3n) is 4.43. The predicted molar refractivity (Wildman–Crippen MR) is 98.8 cm³/mol. The van der Waals surface area contributed by atoms with E-state index in [0.717, 1.165) is 5.69 Å². The average Bonchev–Trinajstić information content (AvgIpc) is 2.50. The topological polar surface area (TPSA) is 12.9 Å². The normalized spacial score (nSPS) is 12.6. The van der Waals surface area contributed by atoms with Gasteiger partial charge in [-0.15, -0.1) is 0 Å². The van der Waals surface area contributed by atoms with Crippen LogP contribution in [0.3, 0.4) is 0 Å². The van der Waals surface area contributed by atoms with Crippen LogP contribution in [0.1, 0.15) is 50.9 Å². The summed E-state index contributed by atoms with van der Waals surface area (Å²) < 4.78 is 0. The Balaban J connectivity index is 2.84. The second kappa shape index (κ2) is 9.80. The number of nitrogens with zero attached hydrogens (tertiary/aromatic N) is 1. The summed E-state index contributed by atoms with van der Waals surface area (Å²) in [7, 11) is 1.21. The first-order valence-electron chi connectivity index (χ1n) is 8.20. The molecule has 0 saturated heterocycles. The van der Waals surface area contributed by atoms with E-state index in [1.807, 2.05) is 6.07 Å². The van der Waals surface area contributed by atoms with Crippen molar-refractivity contribution in [1.29, 1.82) is 0 Å². The van der Waals surface area contributed by atoms with E-state index in [0.29, 0.717) is 5.88 Å². The maximum atomic E-state index is 5.92. The Kier molecular flexibility index (Phi) is 8.81. The molecule has 20 heavy (non-hydrogen) atoms. The van der Waals surface area contributed by atoms with Crippen LogP contribution in [0.15, 0.2) is 18.2 Å². The summed E-state index contributed by atoms with van der Waals surface area (Å²) in [5.41, 5.74) is 2.30. The summed E-state index contributed by atoms with van der Waals surface area (Å²) >= 11 is 5.92. The molecule has 4 heteroatoms. The zero-order valence-corrected chi connectivity index (χ0v) is 15.2. The summed E-state index contributed by atoms with van der Waals surface area (Å²) in [6, 6.07) is 7.74. The van der Waals surface area contributed by atoms with Gasteiger partial charge in [0.2, 0.25) is 0 Å². The Morgan fingerprint density at radius 3 is 2.20 bits per heavy atom. The monoisotopic (exact) mass is 313 g/mol. The molecule has 0 fully saturated rings. The van der Waals surface area contributed by atoms with Crippen molar-refractivity contribution >= 4 is 26.7 Å². The molecule has 0 bridgehead atoms. The van der Waals surface area contributed by atoms with Gasteiger partial charge < -0.3 is 0 Å². The van der Waals surface area contributed by atoms with Gasteiger partial charge in [0, 0.05) is 0 Å². The van der Waals surface area contributed by atoms with E-state index in [9.17, 15) is 0 Å². The Bertz CT molecular complexity index is 378. The molecule has 0 spiro atoms. The minimum atomic E-state index is -1.19. The molecule has 0 aliphatic carbocycles. The zero-order chi connectivity index (χ0) is 14.8. The second-order valence-electron chi connectivity index (χ2n) is 5.99. The van der Waals surface area contributed by atoms with Gasteiger partial charge in [-0.3, -0.25) is 0 Å². The molecule has 1 heterocycles. The fourth-order valence-electron chi connectivity index (χ4n) is 2.97. The van der Waals surface area contributed by atoms with E-state index in [1.54, 1.807) is 0 Å². The van der Waals surface area contributed by atoms with Crippen molar-refractivity contribution in [3.8, 4) is 0 Å². The third kappa shape index (κ3) is 5.74. The van der Waals surface area contributed by atoms with Crippen LogP contribution in [0.5, 0.6) is 0 Å². The fourth-order valence-corrected chi connectivity index (χ4v) is 7.85. The molecule has 1 nitrogen and oxygen atoms in total. The number of pyridine rings is 1. The maximum absolute atomic E-state index is 5.92. The molecule has 0 aliphatic heterocycles. The molecular formula is C16H30BClNP. The van der Waals surface area contributed by atoms with Crippen LogP contribution < -0.4 is 0 Å². The number of hydrogen-bond acceptors (Lipinski definition) is 1. The van der Waals surface area contributed by atoms with Gasteiger partial charge in [0.25, 0.3) is 0 Å². The van der Waals surface area contributed by atoms with E-state index >= 15 is 0 Å². The molecule has 0 aromatic carbocycles. The number of alkyl halides is 1. The third-order valence-corrected chi connectivity index (χ3v) is 10.1. The number of rotatable bonds is 10. The Morgan fingerprint density at radius 2 is 1.70 bits per heavy atom. The first-order valence-corrected chi connectivity index (χ1v) is 11.6. The average molecular weight is 314 g/mol. The SMILES string of the molecule is BC[PH](CCCC)(CCCC)Cc1cccc(CCl)n1. The van der Waals surface area contributed by atoms with Crippen molar-refractivity contribution in [2.75, 3.05) is 18.4 Å². The van der Waals surface area contributed by atoms with Crippen LogP contribution in [0.4, 0.5) is 0 Å². The predicted octanol–water partition coefficient (Wildman–Crippen LogP) is 4.26. The van der Waals surface area contributed by atoms with Crippen molar-refractivity contribution in [2.24, 2.45) is 0 Å². The van der Waals surface area contributed by atoms with Crippen molar-refractivity contribution in [3.05, 3.63) is 29.6 Å². The van der Waals surface area contributed by atoms with E-state index in [1.165, 1.54) is 55.9 Å². The van der Waals surface area contributed by atoms with Crippen LogP contribution >= 0.6 is 18.9 Å². The first kappa shape index (κ1) is 18.0. The summed E-state index contributed by atoms with van der Waals surface area (Å²) in [4.78, 5) is 4.74. The van der Waals surface area contributed by atoms with Crippen molar-refractivity contribution in [1.82, 2.24) is 4.98 Å². The number of aromatic nitrogens is 1. The molecule has 1 rings (SSSR count). The standard InChI is InChI=1S/C16H30BClNP/c1-3-5-10-20(14-17,11-6-4-2)13-16-9-7-8-15(12-18)19-16/h7-9,20H,3-6,10-14,17H2,1-2H3. The first-order chi connectivity index (χ1) is 9.69. The van der Waals surface area contributed by atoms with Crippen molar-refractivity contribution in [2.45, 2.75) is 51.6 Å². The van der Waals surface area contributed by atoms with Gasteiger partial charge in [-0.25, -0.2) is 0 Å². The Hall–Kier alpha value is -0.0651. The molecule has 114 valence electrons.